The van der Waals surface area contributed by atoms with Crippen LogP contribution in [0.15, 0.2) is 22.7 Å². The lowest BCUT2D eigenvalue weighted by atomic mass is 9.90. The third-order valence-corrected chi connectivity index (χ3v) is 3.83. The number of phenolic OH excluding ortho intramolecular Hbond substituents is 1. The summed E-state index contributed by atoms with van der Waals surface area (Å²) in [6, 6.07) is 4.69. The van der Waals surface area contributed by atoms with Crippen LogP contribution in [-0.2, 0) is 4.74 Å². The number of hydrogen-bond acceptors (Lipinski definition) is 4. The quantitative estimate of drug-likeness (QED) is 0.783. The Morgan fingerprint density at radius 3 is 2.68 bits per heavy atom. The number of rotatable bonds is 3. The molecule has 0 aliphatic carbocycles. The summed E-state index contributed by atoms with van der Waals surface area (Å²) >= 11 is 3.22. The fraction of sp³-hybridized carbons (Fsp3) is 0.462. The molecule has 1 heterocycles. The Balaban J connectivity index is 2.15. The standard InChI is InChI=1S/C13H16BrNO4/c14-9-1-2-10(11(17)7-9)12(18)15-13(8-16)3-5-19-6-4-13/h1-2,7,16-17H,3-6,8H2,(H,15,18). The molecule has 1 amide bonds. The van der Waals surface area contributed by atoms with Crippen molar-refractivity contribution in [3.63, 3.8) is 0 Å². The first-order valence-electron chi connectivity index (χ1n) is 6.06. The second kappa shape index (κ2) is 5.90. The van der Waals surface area contributed by atoms with Crippen molar-refractivity contribution in [3.8, 4) is 5.75 Å². The van der Waals surface area contributed by atoms with Crippen molar-refractivity contribution in [2.24, 2.45) is 0 Å². The van der Waals surface area contributed by atoms with E-state index in [0.29, 0.717) is 30.5 Å². The second-order valence-corrected chi connectivity index (χ2v) is 5.58. The number of carbonyl (C=O) groups is 1. The van der Waals surface area contributed by atoms with Crippen LogP contribution in [0.3, 0.4) is 0 Å². The maximum Gasteiger partial charge on any atom is 0.255 e. The van der Waals surface area contributed by atoms with E-state index in [0.717, 1.165) is 0 Å². The topological polar surface area (TPSA) is 78.8 Å². The molecular weight excluding hydrogens is 314 g/mol. The van der Waals surface area contributed by atoms with Crippen LogP contribution in [-0.4, -0.2) is 41.5 Å². The highest BCUT2D eigenvalue weighted by Gasteiger charge is 2.34. The van der Waals surface area contributed by atoms with Crippen LogP contribution in [0.5, 0.6) is 5.75 Å². The number of carbonyl (C=O) groups excluding carboxylic acids is 1. The lowest BCUT2D eigenvalue weighted by Gasteiger charge is -2.36. The highest BCUT2D eigenvalue weighted by molar-refractivity contribution is 9.10. The molecule has 0 spiro atoms. The van der Waals surface area contributed by atoms with Crippen LogP contribution in [0.2, 0.25) is 0 Å². The molecule has 104 valence electrons. The molecule has 3 N–H and O–H groups in total. The summed E-state index contributed by atoms with van der Waals surface area (Å²) in [4.78, 5) is 12.2. The van der Waals surface area contributed by atoms with Gasteiger partial charge in [-0.2, -0.15) is 0 Å². The van der Waals surface area contributed by atoms with Gasteiger partial charge in [0.1, 0.15) is 5.75 Å². The van der Waals surface area contributed by atoms with E-state index in [1.807, 2.05) is 0 Å². The molecule has 0 bridgehead atoms. The predicted octanol–water partition coefficient (Wildman–Crippen LogP) is 1.43. The molecule has 1 aromatic carbocycles. The number of benzene rings is 1. The van der Waals surface area contributed by atoms with E-state index in [4.69, 9.17) is 4.74 Å². The zero-order chi connectivity index (χ0) is 13.9. The molecular formula is C13H16BrNO4. The van der Waals surface area contributed by atoms with E-state index in [-0.39, 0.29) is 23.8 Å². The molecule has 5 nitrogen and oxygen atoms in total. The highest BCUT2D eigenvalue weighted by Crippen LogP contribution is 2.25. The zero-order valence-electron chi connectivity index (χ0n) is 10.4. The largest absolute Gasteiger partial charge is 0.507 e. The van der Waals surface area contributed by atoms with E-state index in [9.17, 15) is 15.0 Å². The lowest BCUT2D eigenvalue weighted by Crippen LogP contribution is -2.54. The molecule has 0 atom stereocenters. The average Bonchev–Trinajstić information content (AvgIpc) is 2.39. The van der Waals surface area contributed by atoms with Gasteiger partial charge in [0, 0.05) is 17.7 Å². The van der Waals surface area contributed by atoms with E-state index in [1.165, 1.54) is 6.07 Å². The summed E-state index contributed by atoms with van der Waals surface area (Å²) in [6.07, 6.45) is 1.12. The van der Waals surface area contributed by atoms with Crippen LogP contribution in [0, 0.1) is 0 Å². The van der Waals surface area contributed by atoms with Crippen molar-refractivity contribution in [1.82, 2.24) is 5.32 Å². The van der Waals surface area contributed by atoms with E-state index < -0.39 is 5.54 Å². The number of halogens is 1. The summed E-state index contributed by atoms with van der Waals surface area (Å²) in [5.41, 5.74) is -0.461. The first-order chi connectivity index (χ1) is 9.06. The number of hydrogen-bond donors (Lipinski definition) is 3. The van der Waals surface area contributed by atoms with Crippen LogP contribution >= 0.6 is 15.9 Å². The van der Waals surface area contributed by atoms with E-state index >= 15 is 0 Å². The van der Waals surface area contributed by atoms with Crippen molar-refractivity contribution >= 4 is 21.8 Å². The molecule has 1 aliphatic rings. The maximum atomic E-state index is 12.2. The van der Waals surface area contributed by atoms with Gasteiger partial charge in [-0.25, -0.2) is 0 Å². The van der Waals surface area contributed by atoms with Gasteiger partial charge in [0.15, 0.2) is 0 Å². The Kier molecular flexibility index (Phi) is 4.44. The lowest BCUT2D eigenvalue weighted by molar-refractivity contribution is 0.0125. The first-order valence-corrected chi connectivity index (χ1v) is 6.85. The molecule has 0 aromatic heterocycles. The van der Waals surface area contributed by atoms with Crippen molar-refractivity contribution in [2.75, 3.05) is 19.8 Å². The third-order valence-electron chi connectivity index (χ3n) is 3.34. The van der Waals surface area contributed by atoms with Gasteiger partial charge in [-0.05, 0) is 31.0 Å². The van der Waals surface area contributed by atoms with Gasteiger partial charge in [-0.15, -0.1) is 0 Å². The van der Waals surface area contributed by atoms with Gasteiger partial charge in [0.05, 0.1) is 17.7 Å². The minimum absolute atomic E-state index is 0.0907. The smallest absolute Gasteiger partial charge is 0.255 e. The fourth-order valence-electron chi connectivity index (χ4n) is 2.09. The molecule has 6 heteroatoms. The number of nitrogens with one attached hydrogen (secondary N) is 1. The second-order valence-electron chi connectivity index (χ2n) is 4.67. The first kappa shape index (κ1) is 14.3. The highest BCUT2D eigenvalue weighted by atomic mass is 79.9. The molecule has 19 heavy (non-hydrogen) atoms. The Labute approximate surface area is 119 Å². The summed E-state index contributed by atoms with van der Waals surface area (Å²) in [5.74, 6) is -0.479. The Hall–Kier alpha value is -1.11. The predicted molar refractivity (Wildman–Crippen MR) is 73.1 cm³/mol. The molecule has 0 radical (unpaired) electrons. The van der Waals surface area contributed by atoms with Crippen molar-refractivity contribution in [1.29, 1.82) is 0 Å². The van der Waals surface area contributed by atoms with Gasteiger partial charge in [0.2, 0.25) is 0 Å². The number of amides is 1. The van der Waals surface area contributed by atoms with Crippen molar-refractivity contribution in [3.05, 3.63) is 28.2 Å². The number of aliphatic hydroxyl groups excluding tert-OH is 1. The van der Waals surface area contributed by atoms with E-state index in [2.05, 4.69) is 21.2 Å². The van der Waals surface area contributed by atoms with E-state index in [1.54, 1.807) is 12.1 Å². The summed E-state index contributed by atoms with van der Waals surface area (Å²) in [5, 5.41) is 22.1. The maximum absolute atomic E-state index is 12.2. The molecule has 1 aromatic rings. The number of phenols is 1. The average molecular weight is 330 g/mol. The Bertz CT molecular complexity index is 472. The van der Waals surface area contributed by atoms with Crippen LogP contribution in [0.4, 0.5) is 0 Å². The summed E-state index contributed by atoms with van der Waals surface area (Å²) in [7, 11) is 0. The Morgan fingerprint density at radius 1 is 1.42 bits per heavy atom. The van der Waals surface area contributed by atoms with Gasteiger partial charge in [0.25, 0.3) is 5.91 Å². The third kappa shape index (κ3) is 3.26. The van der Waals surface area contributed by atoms with Gasteiger partial charge >= 0.3 is 0 Å². The molecule has 0 unspecified atom stereocenters. The Morgan fingerprint density at radius 2 is 2.11 bits per heavy atom. The molecule has 1 saturated heterocycles. The molecule has 0 saturated carbocycles. The van der Waals surface area contributed by atoms with Crippen molar-refractivity contribution < 1.29 is 19.7 Å². The summed E-state index contributed by atoms with van der Waals surface area (Å²) in [6.45, 7) is 0.875. The van der Waals surface area contributed by atoms with Gasteiger partial charge in [-0.3, -0.25) is 4.79 Å². The molecule has 1 fully saturated rings. The molecule has 1 aliphatic heterocycles. The minimum Gasteiger partial charge on any atom is -0.507 e. The van der Waals surface area contributed by atoms with Crippen LogP contribution in [0.25, 0.3) is 0 Å². The van der Waals surface area contributed by atoms with Crippen LogP contribution < -0.4 is 5.32 Å². The van der Waals surface area contributed by atoms with Crippen LogP contribution in [0.1, 0.15) is 23.2 Å². The zero-order valence-corrected chi connectivity index (χ0v) is 11.9. The monoisotopic (exact) mass is 329 g/mol. The minimum atomic E-state index is -0.658. The number of ether oxygens (including phenoxy) is 1. The normalized spacial score (nSPS) is 18.0. The SMILES string of the molecule is O=C(NC1(CO)CCOCC1)c1ccc(Br)cc1O. The summed E-state index contributed by atoms with van der Waals surface area (Å²) < 4.78 is 5.93. The number of aromatic hydroxyl groups is 1. The van der Waals surface area contributed by atoms with Gasteiger partial charge < -0.3 is 20.3 Å². The van der Waals surface area contributed by atoms with Crippen molar-refractivity contribution in [2.45, 2.75) is 18.4 Å². The van der Waals surface area contributed by atoms with Gasteiger partial charge in [-0.1, -0.05) is 15.9 Å². The number of aliphatic hydroxyl groups is 1. The molecule has 2 rings (SSSR count). The fourth-order valence-corrected chi connectivity index (χ4v) is 2.44.